The number of hydrogen-bond donors (Lipinski definition) is 2. The highest BCUT2D eigenvalue weighted by Gasteiger charge is 2.74. The van der Waals surface area contributed by atoms with E-state index in [0.717, 1.165) is 75.4 Å². The van der Waals surface area contributed by atoms with Gasteiger partial charge in [-0.3, -0.25) is 14.6 Å². The molecule has 3 saturated carbocycles. The van der Waals surface area contributed by atoms with Crippen LogP contribution in [0.1, 0.15) is 86.3 Å². The molecule has 3 aromatic rings. The fourth-order valence-electron chi connectivity index (χ4n) is 12.8. The minimum atomic E-state index is -1.03. The fourth-order valence-corrected chi connectivity index (χ4v) is 13.0. The van der Waals surface area contributed by atoms with Gasteiger partial charge in [0.15, 0.2) is 17.4 Å². The lowest BCUT2D eigenvalue weighted by molar-refractivity contribution is -0.177. The molecule has 10 rings (SSSR count). The van der Waals surface area contributed by atoms with Crippen LogP contribution >= 0.6 is 11.6 Å². The molecule has 2 bridgehead atoms. The Kier molecular flexibility index (Phi) is 8.72. The van der Waals surface area contributed by atoms with Crippen LogP contribution in [0.5, 0.6) is 0 Å². The summed E-state index contributed by atoms with van der Waals surface area (Å²) in [5, 5.41) is 24.7. The number of ketones is 1. The molecule has 6 aliphatic carbocycles. The standard InChI is InChI=1S/C46H51ClF2N2O3/c1-42-17-14-34(52)27-44(42)20-21-46(35(28-44)41(53)32-10-13-36(48)37(49)26-32)38(42)15-18-43(2)39(46)16-19-45(43,54)29-50-22-24-51(25-23-50)40(30-6-4-3-5-7-30)31-8-11-33(47)12-9-31/h3-13,20-21,26,28,34,38-40,52,54H,14-19,22-25,27,29H2,1-2H3/t34?,38-,39-,40?,42-,43+,44+,45-,46-/m1/s1. The van der Waals surface area contributed by atoms with E-state index in [1.54, 1.807) is 0 Å². The third kappa shape index (κ3) is 5.25. The number of piperazine rings is 1. The lowest BCUT2D eigenvalue weighted by Gasteiger charge is -2.71. The van der Waals surface area contributed by atoms with E-state index in [4.69, 9.17) is 11.6 Å². The smallest absolute Gasteiger partial charge is 0.189 e. The van der Waals surface area contributed by atoms with Crippen molar-refractivity contribution >= 4 is 17.4 Å². The summed E-state index contributed by atoms with van der Waals surface area (Å²) in [6, 6.07) is 22.3. The van der Waals surface area contributed by atoms with E-state index in [1.807, 2.05) is 18.2 Å². The second-order valence-corrected chi connectivity index (χ2v) is 18.4. The predicted molar refractivity (Wildman–Crippen MR) is 207 cm³/mol. The Bertz CT molecular complexity index is 2020. The maximum absolute atomic E-state index is 14.7. The second kappa shape index (κ2) is 12.9. The molecule has 54 heavy (non-hydrogen) atoms. The number of β-amino-alcohol motifs (C(OH)–C–C–N with tert-alkyl or cyclic N) is 1. The van der Waals surface area contributed by atoms with Crippen molar-refractivity contribution < 1.29 is 23.8 Å². The molecule has 0 aromatic heterocycles. The zero-order valence-electron chi connectivity index (χ0n) is 31.3. The van der Waals surface area contributed by atoms with Gasteiger partial charge < -0.3 is 10.2 Å². The van der Waals surface area contributed by atoms with E-state index in [9.17, 15) is 23.8 Å². The van der Waals surface area contributed by atoms with Crippen molar-refractivity contribution in [2.75, 3.05) is 32.7 Å². The van der Waals surface area contributed by atoms with Gasteiger partial charge in [-0.1, -0.05) is 86.1 Å². The Labute approximate surface area is 322 Å². The van der Waals surface area contributed by atoms with Crippen LogP contribution in [0.3, 0.4) is 0 Å². The molecule has 3 aromatic carbocycles. The Morgan fingerprint density at radius 2 is 1.50 bits per heavy atom. The van der Waals surface area contributed by atoms with Gasteiger partial charge in [-0.2, -0.15) is 0 Å². The number of rotatable bonds is 7. The molecule has 1 heterocycles. The number of benzene rings is 3. The number of allylic oxidation sites excluding steroid dienone is 4. The lowest BCUT2D eigenvalue weighted by Crippen LogP contribution is -2.67. The number of carbonyl (C=O) groups excluding carboxylic acids is 1. The maximum atomic E-state index is 14.7. The Balaban J connectivity index is 1.01. The third-order valence-corrected chi connectivity index (χ3v) is 15.9. The number of carbonyl (C=O) groups is 1. The van der Waals surface area contributed by atoms with Gasteiger partial charge in [0, 0.05) is 65.1 Å². The fraction of sp³-hybridized carbons (Fsp3) is 0.500. The molecule has 9 atom stereocenters. The summed E-state index contributed by atoms with van der Waals surface area (Å²) in [7, 11) is 0. The molecule has 1 saturated heterocycles. The van der Waals surface area contributed by atoms with Gasteiger partial charge in [0.25, 0.3) is 0 Å². The van der Waals surface area contributed by atoms with Gasteiger partial charge in [-0.05, 0) is 104 Å². The van der Waals surface area contributed by atoms with Crippen LogP contribution in [0.15, 0.2) is 96.6 Å². The summed E-state index contributed by atoms with van der Waals surface area (Å²) >= 11 is 6.28. The number of aliphatic hydroxyl groups excluding tert-OH is 1. The first-order chi connectivity index (χ1) is 25.8. The summed E-state index contributed by atoms with van der Waals surface area (Å²) in [6.45, 7) is 8.55. The highest BCUT2D eigenvalue weighted by molar-refractivity contribution is 6.30. The van der Waals surface area contributed by atoms with Crippen LogP contribution in [-0.2, 0) is 0 Å². The van der Waals surface area contributed by atoms with Gasteiger partial charge in [0.05, 0.1) is 17.7 Å². The molecule has 8 heteroatoms. The van der Waals surface area contributed by atoms with Crippen LogP contribution in [0.25, 0.3) is 0 Å². The third-order valence-electron chi connectivity index (χ3n) is 15.7. The number of halogens is 3. The molecule has 0 radical (unpaired) electrons. The topological polar surface area (TPSA) is 64.0 Å². The van der Waals surface area contributed by atoms with Crippen molar-refractivity contribution in [2.24, 2.45) is 33.5 Å². The molecular weight excluding hydrogens is 702 g/mol. The van der Waals surface area contributed by atoms with Gasteiger partial charge in [-0.25, -0.2) is 8.78 Å². The molecule has 5 nitrogen and oxygen atoms in total. The average molecular weight is 753 g/mol. The highest BCUT2D eigenvalue weighted by atomic mass is 35.5. The minimum Gasteiger partial charge on any atom is -0.393 e. The zero-order valence-corrected chi connectivity index (χ0v) is 32.0. The zero-order chi connectivity index (χ0) is 37.7. The quantitative estimate of drug-likeness (QED) is 0.187. The second-order valence-electron chi connectivity index (χ2n) is 17.9. The van der Waals surface area contributed by atoms with Crippen LogP contribution in [-0.4, -0.2) is 70.2 Å². The number of fused-ring (bicyclic) bond motifs is 1. The Morgan fingerprint density at radius 1 is 0.833 bits per heavy atom. The number of hydrogen-bond acceptors (Lipinski definition) is 5. The van der Waals surface area contributed by atoms with Crippen LogP contribution in [0.4, 0.5) is 8.78 Å². The SMILES string of the molecule is C[C@]12CC[C@H]3[C@]4(C=C[C@@]5(C=C4C(=O)c4ccc(F)c(F)c4)CC(O)CC[C@]35C)[C@@H]1CC[C@@]2(O)CN1CCN(C(c2ccccc2)c2ccc(Cl)cc2)CC1. The number of Topliss-reactive ketones (excluding diaryl/α,β-unsaturated/α-hetero) is 1. The van der Waals surface area contributed by atoms with Crippen molar-refractivity contribution in [1.29, 1.82) is 0 Å². The average Bonchev–Trinajstić information content (AvgIpc) is 3.44. The van der Waals surface area contributed by atoms with Gasteiger partial charge >= 0.3 is 0 Å². The summed E-state index contributed by atoms with van der Waals surface area (Å²) in [5.74, 6) is -2.16. The first kappa shape index (κ1) is 36.4. The molecule has 7 aliphatic rings. The largest absolute Gasteiger partial charge is 0.393 e. The predicted octanol–water partition coefficient (Wildman–Crippen LogP) is 8.80. The molecule has 0 amide bonds. The first-order valence-corrected chi connectivity index (χ1v) is 20.3. The Hall–Kier alpha value is -3.20. The number of nitrogens with zero attached hydrogens (tertiary/aromatic N) is 2. The van der Waals surface area contributed by atoms with Crippen LogP contribution in [0.2, 0.25) is 5.02 Å². The summed E-state index contributed by atoms with van der Waals surface area (Å²) < 4.78 is 28.7. The molecule has 2 spiro atoms. The van der Waals surface area contributed by atoms with Crippen LogP contribution < -0.4 is 0 Å². The molecule has 2 unspecified atom stereocenters. The molecular formula is C46H51ClF2N2O3. The first-order valence-electron chi connectivity index (χ1n) is 19.9. The monoisotopic (exact) mass is 752 g/mol. The lowest BCUT2D eigenvalue weighted by atomic mass is 9.32. The molecule has 284 valence electrons. The molecule has 4 fully saturated rings. The number of aliphatic hydroxyl groups is 2. The summed E-state index contributed by atoms with van der Waals surface area (Å²) in [4.78, 5) is 19.7. The van der Waals surface area contributed by atoms with Gasteiger partial charge in [-0.15, -0.1) is 0 Å². The molecule has 2 N–H and O–H groups in total. The van der Waals surface area contributed by atoms with Crippen molar-refractivity contribution in [2.45, 2.75) is 76.5 Å². The normalized spacial score (nSPS) is 38.0. The molecule has 1 aliphatic heterocycles. The summed E-state index contributed by atoms with van der Waals surface area (Å²) in [6.07, 6.45) is 11.4. The van der Waals surface area contributed by atoms with E-state index < -0.39 is 39.6 Å². The van der Waals surface area contributed by atoms with Crippen LogP contribution in [0, 0.1) is 45.1 Å². The van der Waals surface area contributed by atoms with Crippen molar-refractivity contribution in [3.63, 3.8) is 0 Å². The van der Waals surface area contributed by atoms with E-state index >= 15 is 0 Å². The highest BCUT2D eigenvalue weighted by Crippen LogP contribution is 2.78. The van der Waals surface area contributed by atoms with E-state index in [1.165, 1.54) is 17.2 Å². The van der Waals surface area contributed by atoms with Gasteiger partial charge in [0.2, 0.25) is 0 Å². The summed E-state index contributed by atoms with van der Waals surface area (Å²) in [5.41, 5.74) is 0.491. The van der Waals surface area contributed by atoms with E-state index in [-0.39, 0.29) is 34.6 Å². The maximum Gasteiger partial charge on any atom is 0.189 e. The van der Waals surface area contributed by atoms with E-state index in [2.05, 4.69) is 78.3 Å². The van der Waals surface area contributed by atoms with Crippen molar-refractivity contribution in [1.82, 2.24) is 9.80 Å². The van der Waals surface area contributed by atoms with Gasteiger partial charge in [0.1, 0.15) is 0 Å². The van der Waals surface area contributed by atoms with E-state index in [0.29, 0.717) is 25.0 Å². The van der Waals surface area contributed by atoms with Crippen molar-refractivity contribution in [3.8, 4) is 0 Å². The van der Waals surface area contributed by atoms with Crippen molar-refractivity contribution in [3.05, 3.63) is 130 Å². The Morgan fingerprint density at radius 3 is 2.22 bits per heavy atom. The minimum absolute atomic E-state index is 0.0128.